The van der Waals surface area contributed by atoms with Crippen LogP contribution in [0.3, 0.4) is 0 Å². The molecule has 2 heterocycles. The van der Waals surface area contributed by atoms with Crippen LogP contribution in [0.5, 0.6) is 5.88 Å². The number of β-amino-alcohol motifs (C(OH)–C–C–N with tert-alkyl or cyclic N) is 1. The van der Waals surface area contributed by atoms with Crippen LogP contribution in [0.1, 0.15) is 6.42 Å². The Bertz CT molecular complexity index is 425. The number of ether oxygens (including phenoxy) is 1. The summed E-state index contributed by atoms with van der Waals surface area (Å²) in [5.74, 6) is 0.378. The largest absolute Gasteiger partial charge is 0.481 e. The van der Waals surface area contributed by atoms with Gasteiger partial charge in [-0.2, -0.15) is 0 Å². The number of pyridine rings is 1. The number of rotatable bonds is 2. The molecule has 1 aliphatic rings. The molecule has 1 fully saturated rings. The Morgan fingerprint density at radius 1 is 1.62 bits per heavy atom. The van der Waals surface area contributed by atoms with Gasteiger partial charge in [0.2, 0.25) is 11.8 Å². The number of aliphatic hydroxyl groups excluding tert-OH is 1. The predicted molar refractivity (Wildman–Crippen MR) is 61.5 cm³/mol. The van der Waals surface area contributed by atoms with Crippen LogP contribution >= 0.6 is 15.9 Å². The summed E-state index contributed by atoms with van der Waals surface area (Å²) >= 11 is 3.28. The molecule has 1 N–H and O–H groups in total. The number of aliphatic hydroxyl groups is 1. The number of halogens is 1. The lowest BCUT2D eigenvalue weighted by molar-refractivity contribution is -0.117. The number of methoxy groups -OCH3 is 1. The van der Waals surface area contributed by atoms with E-state index in [0.29, 0.717) is 22.7 Å². The summed E-state index contributed by atoms with van der Waals surface area (Å²) in [4.78, 5) is 17.2. The molecule has 0 radical (unpaired) electrons. The lowest BCUT2D eigenvalue weighted by Gasteiger charge is -2.17. The van der Waals surface area contributed by atoms with Gasteiger partial charge >= 0.3 is 0 Å². The first-order valence-corrected chi connectivity index (χ1v) is 5.60. The van der Waals surface area contributed by atoms with Gasteiger partial charge in [0.05, 0.1) is 31.9 Å². The Morgan fingerprint density at radius 3 is 2.88 bits per heavy atom. The van der Waals surface area contributed by atoms with E-state index in [1.807, 2.05) is 0 Å². The van der Waals surface area contributed by atoms with Gasteiger partial charge in [-0.25, -0.2) is 4.98 Å². The standard InChI is InChI=1S/C10H11BrN2O3/c1-16-8-3-2-7(10(11)12-8)13-5-6(14)4-9(13)15/h2-3,6,14H,4-5H2,1H3. The van der Waals surface area contributed by atoms with Gasteiger partial charge in [-0.15, -0.1) is 0 Å². The Hall–Kier alpha value is -1.14. The molecule has 1 unspecified atom stereocenters. The van der Waals surface area contributed by atoms with Crippen molar-refractivity contribution in [1.82, 2.24) is 4.98 Å². The van der Waals surface area contributed by atoms with Crippen LogP contribution in [0.15, 0.2) is 16.7 Å². The molecule has 86 valence electrons. The maximum absolute atomic E-state index is 11.6. The van der Waals surface area contributed by atoms with E-state index in [-0.39, 0.29) is 12.3 Å². The minimum absolute atomic E-state index is 0.0971. The molecule has 1 atom stereocenters. The van der Waals surface area contributed by atoms with Gasteiger partial charge in [0, 0.05) is 6.07 Å². The normalized spacial score (nSPS) is 20.3. The van der Waals surface area contributed by atoms with Crippen LogP contribution in [-0.4, -0.2) is 35.8 Å². The van der Waals surface area contributed by atoms with Crippen LogP contribution in [0.2, 0.25) is 0 Å². The second kappa shape index (κ2) is 4.39. The van der Waals surface area contributed by atoms with E-state index < -0.39 is 6.10 Å². The molecular weight excluding hydrogens is 276 g/mol. The van der Waals surface area contributed by atoms with E-state index >= 15 is 0 Å². The van der Waals surface area contributed by atoms with Gasteiger partial charge in [0.15, 0.2) is 0 Å². The van der Waals surface area contributed by atoms with Crippen molar-refractivity contribution in [3.8, 4) is 5.88 Å². The first-order valence-electron chi connectivity index (χ1n) is 4.81. The third kappa shape index (κ3) is 2.03. The second-order valence-corrected chi connectivity index (χ2v) is 4.28. The number of nitrogens with zero attached hydrogens (tertiary/aromatic N) is 2. The molecular formula is C10H11BrN2O3. The highest BCUT2D eigenvalue weighted by molar-refractivity contribution is 9.10. The minimum Gasteiger partial charge on any atom is -0.481 e. The molecule has 1 aromatic rings. The SMILES string of the molecule is COc1ccc(N2CC(O)CC2=O)c(Br)n1. The molecule has 0 saturated carbocycles. The molecule has 16 heavy (non-hydrogen) atoms. The van der Waals surface area contributed by atoms with Crippen molar-refractivity contribution in [2.24, 2.45) is 0 Å². The van der Waals surface area contributed by atoms with Gasteiger partial charge in [0.1, 0.15) is 4.60 Å². The fourth-order valence-corrected chi connectivity index (χ4v) is 2.17. The molecule has 1 aromatic heterocycles. The minimum atomic E-state index is -0.596. The van der Waals surface area contributed by atoms with Gasteiger partial charge in [-0.05, 0) is 22.0 Å². The molecule has 1 saturated heterocycles. The Labute approximate surface area is 101 Å². The van der Waals surface area contributed by atoms with Crippen molar-refractivity contribution in [3.05, 3.63) is 16.7 Å². The van der Waals surface area contributed by atoms with Crippen LogP contribution in [0.4, 0.5) is 5.69 Å². The zero-order valence-electron chi connectivity index (χ0n) is 8.68. The Kier molecular flexibility index (Phi) is 3.11. The molecule has 6 heteroatoms. The lowest BCUT2D eigenvalue weighted by Crippen LogP contribution is -2.25. The summed E-state index contributed by atoms with van der Waals surface area (Å²) in [5.41, 5.74) is 0.655. The number of carbonyl (C=O) groups excluding carboxylic acids is 1. The maximum atomic E-state index is 11.6. The highest BCUT2D eigenvalue weighted by Gasteiger charge is 2.30. The molecule has 0 aromatic carbocycles. The topological polar surface area (TPSA) is 62.7 Å². The van der Waals surface area contributed by atoms with E-state index in [1.165, 1.54) is 12.0 Å². The molecule has 0 aliphatic carbocycles. The summed E-state index contributed by atoms with van der Waals surface area (Å²) in [5, 5.41) is 9.40. The first kappa shape index (κ1) is 11.3. The third-order valence-electron chi connectivity index (χ3n) is 2.41. The van der Waals surface area contributed by atoms with Crippen LogP contribution in [0.25, 0.3) is 0 Å². The summed E-state index contributed by atoms with van der Waals surface area (Å²) in [6.45, 7) is 0.311. The summed E-state index contributed by atoms with van der Waals surface area (Å²) < 4.78 is 5.50. The van der Waals surface area contributed by atoms with E-state index in [9.17, 15) is 9.90 Å². The zero-order valence-corrected chi connectivity index (χ0v) is 10.3. The lowest BCUT2D eigenvalue weighted by atomic mass is 10.3. The van der Waals surface area contributed by atoms with Gasteiger partial charge < -0.3 is 14.7 Å². The first-order chi connectivity index (χ1) is 7.61. The third-order valence-corrected chi connectivity index (χ3v) is 2.99. The predicted octanol–water partition coefficient (Wildman–Crippen LogP) is 0.950. The average molecular weight is 287 g/mol. The van der Waals surface area contributed by atoms with Gasteiger partial charge in [-0.3, -0.25) is 4.79 Å². The molecule has 1 aliphatic heterocycles. The number of anilines is 1. The molecule has 0 spiro atoms. The molecule has 2 rings (SSSR count). The van der Waals surface area contributed by atoms with Crippen LogP contribution < -0.4 is 9.64 Å². The second-order valence-electron chi connectivity index (χ2n) is 3.53. The van der Waals surface area contributed by atoms with E-state index in [4.69, 9.17) is 4.74 Å². The van der Waals surface area contributed by atoms with E-state index in [1.54, 1.807) is 12.1 Å². The smallest absolute Gasteiger partial charge is 0.229 e. The van der Waals surface area contributed by atoms with Gasteiger partial charge in [-0.1, -0.05) is 0 Å². The van der Waals surface area contributed by atoms with Crippen LogP contribution in [-0.2, 0) is 4.79 Å². The number of amides is 1. The van der Waals surface area contributed by atoms with Gasteiger partial charge in [0.25, 0.3) is 0 Å². The Morgan fingerprint density at radius 2 is 2.38 bits per heavy atom. The summed E-state index contributed by atoms with van der Waals surface area (Å²) in [6.07, 6.45) is -0.431. The Balaban J connectivity index is 2.30. The summed E-state index contributed by atoms with van der Waals surface area (Å²) in [6, 6.07) is 3.42. The number of aromatic nitrogens is 1. The summed E-state index contributed by atoms with van der Waals surface area (Å²) in [7, 11) is 1.53. The molecule has 5 nitrogen and oxygen atoms in total. The fourth-order valence-electron chi connectivity index (χ4n) is 1.65. The highest BCUT2D eigenvalue weighted by Crippen LogP contribution is 2.29. The van der Waals surface area contributed by atoms with Crippen molar-refractivity contribution in [1.29, 1.82) is 0 Å². The van der Waals surface area contributed by atoms with Crippen molar-refractivity contribution in [2.75, 3.05) is 18.6 Å². The van der Waals surface area contributed by atoms with Crippen molar-refractivity contribution >= 4 is 27.5 Å². The number of hydrogen-bond acceptors (Lipinski definition) is 4. The monoisotopic (exact) mass is 286 g/mol. The van der Waals surface area contributed by atoms with E-state index in [0.717, 1.165) is 0 Å². The molecule has 0 bridgehead atoms. The maximum Gasteiger partial charge on any atom is 0.229 e. The number of hydrogen-bond donors (Lipinski definition) is 1. The number of carbonyl (C=O) groups is 1. The van der Waals surface area contributed by atoms with Crippen molar-refractivity contribution in [2.45, 2.75) is 12.5 Å². The van der Waals surface area contributed by atoms with Crippen LogP contribution in [0, 0.1) is 0 Å². The zero-order chi connectivity index (χ0) is 11.7. The fraction of sp³-hybridized carbons (Fsp3) is 0.400. The average Bonchev–Trinajstić information content (AvgIpc) is 2.57. The van der Waals surface area contributed by atoms with E-state index in [2.05, 4.69) is 20.9 Å². The quantitative estimate of drug-likeness (QED) is 0.823. The van der Waals surface area contributed by atoms with Crippen molar-refractivity contribution in [3.63, 3.8) is 0 Å². The highest BCUT2D eigenvalue weighted by atomic mass is 79.9. The van der Waals surface area contributed by atoms with Crippen molar-refractivity contribution < 1.29 is 14.6 Å². The molecule has 1 amide bonds.